The second-order valence-corrected chi connectivity index (χ2v) is 6.89. The highest BCUT2D eigenvalue weighted by molar-refractivity contribution is 7.99. The van der Waals surface area contributed by atoms with E-state index in [9.17, 15) is 19.7 Å². The van der Waals surface area contributed by atoms with E-state index < -0.39 is 4.92 Å². The lowest BCUT2D eigenvalue weighted by atomic mass is 10.2. The van der Waals surface area contributed by atoms with E-state index in [4.69, 9.17) is 11.6 Å². The molecule has 0 aliphatic heterocycles. The van der Waals surface area contributed by atoms with E-state index in [0.29, 0.717) is 16.1 Å². The van der Waals surface area contributed by atoms with Crippen molar-refractivity contribution in [3.8, 4) is 0 Å². The first-order valence-electron chi connectivity index (χ1n) is 7.69. The maximum atomic E-state index is 12.4. The number of benzene rings is 2. The van der Waals surface area contributed by atoms with Gasteiger partial charge in [0.05, 0.1) is 21.6 Å². The second-order valence-electron chi connectivity index (χ2n) is 5.54. The first-order chi connectivity index (χ1) is 12.9. The number of nitro benzene ring substituents is 1. The monoisotopic (exact) mass is 404 g/mol. The van der Waals surface area contributed by atoms with Crippen molar-refractivity contribution in [2.75, 3.05) is 11.1 Å². The molecule has 1 aromatic heterocycles. The van der Waals surface area contributed by atoms with E-state index in [1.165, 1.54) is 22.8 Å². The van der Waals surface area contributed by atoms with Crippen molar-refractivity contribution in [2.24, 2.45) is 7.05 Å². The van der Waals surface area contributed by atoms with Crippen molar-refractivity contribution in [1.29, 1.82) is 0 Å². The molecule has 0 unspecified atom stereocenters. The van der Waals surface area contributed by atoms with Gasteiger partial charge in [0.15, 0.2) is 5.16 Å². The van der Waals surface area contributed by atoms with Crippen LogP contribution in [-0.4, -0.2) is 26.1 Å². The summed E-state index contributed by atoms with van der Waals surface area (Å²) in [5.41, 5.74) is 0.325. The maximum Gasteiger partial charge on any atom is 0.289 e. The molecule has 27 heavy (non-hydrogen) atoms. The Morgan fingerprint density at radius 3 is 2.81 bits per heavy atom. The summed E-state index contributed by atoms with van der Waals surface area (Å²) in [6, 6.07) is 11.0. The number of para-hydroxylation sites is 1. The third kappa shape index (κ3) is 4.09. The maximum absolute atomic E-state index is 12.4. The van der Waals surface area contributed by atoms with E-state index in [0.717, 1.165) is 11.8 Å². The fourth-order valence-electron chi connectivity index (χ4n) is 2.38. The summed E-state index contributed by atoms with van der Waals surface area (Å²) in [5.74, 6) is -0.409. The summed E-state index contributed by atoms with van der Waals surface area (Å²) in [5, 5.41) is 14.4. The highest BCUT2D eigenvalue weighted by Crippen LogP contribution is 2.27. The number of amides is 1. The molecule has 8 nitrogen and oxygen atoms in total. The number of hydrogen-bond donors (Lipinski definition) is 1. The minimum Gasteiger partial charge on any atom is -0.325 e. The van der Waals surface area contributed by atoms with Crippen LogP contribution in [0.3, 0.4) is 0 Å². The fourth-order valence-corrected chi connectivity index (χ4v) is 3.34. The molecule has 138 valence electrons. The Morgan fingerprint density at radius 2 is 2.07 bits per heavy atom. The Hall–Kier alpha value is -2.91. The molecule has 0 saturated carbocycles. The van der Waals surface area contributed by atoms with Gasteiger partial charge in [-0.2, -0.15) is 0 Å². The highest BCUT2D eigenvalue weighted by Gasteiger charge is 2.15. The molecule has 0 bridgehead atoms. The lowest BCUT2D eigenvalue weighted by molar-refractivity contribution is -0.384. The summed E-state index contributed by atoms with van der Waals surface area (Å²) in [6.07, 6.45) is 0. The molecule has 1 N–H and O–H groups in total. The molecule has 3 rings (SSSR count). The van der Waals surface area contributed by atoms with Crippen LogP contribution in [0.2, 0.25) is 5.02 Å². The van der Waals surface area contributed by atoms with Gasteiger partial charge in [-0.3, -0.25) is 24.3 Å². The predicted molar refractivity (Wildman–Crippen MR) is 104 cm³/mol. The van der Waals surface area contributed by atoms with Gasteiger partial charge in [-0.1, -0.05) is 35.5 Å². The predicted octanol–water partition coefficient (Wildman–Crippen LogP) is 3.23. The SMILES string of the molecule is Cn1c(SCC(=O)Nc2ccc(Cl)c([N+](=O)[O-])c2)nc2ccccc2c1=O. The molecule has 3 aromatic rings. The smallest absolute Gasteiger partial charge is 0.289 e. The van der Waals surface area contributed by atoms with E-state index in [1.807, 2.05) is 0 Å². The average Bonchev–Trinajstić information content (AvgIpc) is 2.65. The molecule has 0 radical (unpaired) electrons. The van der Waals surface area contributed by atoms with Crippen molar-refractivity contribution in [2.45, 2.75) is 5.16 Å². The lowest BCUT2D eigenvalue weighted by Gasteiger charge is -2.09. The first-order valence-corrected chi connectivity index (χ1v) is 9.05. The second kappa shape index (κ2) is 7.77. The number of hydrogen-bond acceptors (Lipinski definition) is 6. The Kier molecular flexibility index (Phi) is 5.43. The summed E-state index contributed by atoms with van der Waals surface area (Å²) < 4.78 is 1.38. The molecular weight excluding hydrogens is 392 g/mol. The van der Waals surface area contributed by atoms with Crippen molar-refractivity contribution in [1.82, 2.24) is 9.55 Å². The van der Waals surface area contributed by atoms with Gasteiger partial charge in [-0.05, 0) is 24.3 Å². The number of rotatable bonds is 5. The fraction of sp³-hybridized carbons (Fsp3) is 0.118. The van der Waals surface area contributed by atoms with Gasteiger partial charge >= 0.3 is 0 Å². The van der Waals surface area contributed by atoms with Gasteiger partial charge in [0, 0.05) is 18.8 Å². The van der Waals surface area contributed by atoms with Crippen LogP contribution in [0.4, 0.5) is 11.4 Å². The molecular formula is C17H13ClN4O4S. The number of thioether (sulfide) groups is 1. The first kappa shape index (κ1) is 18.9. The van der Waals surface area contributed by atoms with Gasteiger partial charge in [0.25, 0.3) is 11.2 Å². The Labute approximate surface area is 162 Å². The summed E-state index contributed by atoms with van der Waals surface area (Å²) in [7, 11) is 1.59. The average molecular weight is 405 g/mol. The van der Waals surface area contributed by atoms with Gasteiger partial charge in [0.1, 0.15) is 5.02 Å². The number of nitrogens with zero attached hydrogens (tertiary/aromatic N) is 3. The zero-order valence-corrected chi connectivity index (χ0v) is 15.6. The van der Waals surface area contributed by atoms with Crippen LogP contribution in [0.25, 0.3) is 10.9 Å². The molecule has 0 aliphatic rings. The summed E-state index contributed by atoms with van der Waals surface area (Å²) in [6.45, 7) is 0. The molecule has 0 fully saturated rings. The quantitative estimate of drug-likeness (QED) is 0.303. The van der Waals surface area contributed by atoms with Crippen LogP contribution < -0.4 is 10.9 Å². The van der Waals surface area contributed by atoms with Crippen molar-refractivity contribution in [3.05, 3.63) is 68.0 Å². The Balaban J connectivity index is 1.74. The van der Waals surface area contributed by atoms with Crippen molar-refractivity contribution < 1.29 is 9.72 Å². The van der Waals surface area contributed by atoms with Crippen LogP contribution in [-0.2, 0) is 11.8 Å². The number of carbonyl (C=O) groups is 1. The number of anilines is 1. The van der Waals surface area contributed by atoms with Crippen LogP contribution in [0.5, 0.6) is 0 Å². The van der Waals surface area contributed by atoms with Gasteiger partial charge in [-0.25, -0.2) is 4.98 Å². The summed E-state index contributed by atoms with van der Waals surface area (Å²) in [4.78, 5) is 39.2. The number of fused-ring (bicyclic) bond motifs is 1. The van der Waals surface area contributed by atoms with E-state index in [2.05, 4.69) is 10.3 Å². The van der Waals surface area contributed by atoms with E-state index in [-0.39, 0.29) is 33.6 Å². The normalized spacial score (nSPS) is 10.7. The van der Waals surface area contributed by atoms with Crippen LogP contribution in [0.1, 0.15) is 0 Å². The topological polar surface area (TPSA) is 107 Å². The third-order valence-electron chi connectivity index (χ3n) is 3.70. The Morgan fingerprint density at radius 1 is 1.33 bits per heavy atom. The van der Waals surface area contributed by atoms with Crippen LogP contribution in [0.15, 0.2) is 52.4 Å². The molecule has 2 aromatic carbocycles. The largest absolute Gasteiger partial charge is 0.325 e. The minimum atomic E-state index is -0.623. The van der Waals surface area contributed by atoms with E-state index >= 15 is 0 Å². The van der Waals surface area contributed by atoms with Gasteiger partial charge in [-0.15, -0.1) is 0 Å². The molecule has 0 aliphatic carbocycles. The number of nitrogens with one attached hydrogen (secondary N) is 1. The highest BCUT2D eigenvalue weighted by atomic mass is 35.5. The number of aromatic nitrogens is 2. The van der Waals surface area contributed by atoms with Gasteiger partial charge in [0.2, 0.25) is 5.91 Å². The molecule has 0 spiro atoms. The van der Waals surface area contributed by atoms with Crippen molar-refractivity contribution >= 4 is 51.5 Å². The molecule has 0 saturated heterocycles. The molecule has 1 amide bonds. The van der Waals surface area contributed by atoms with Crippen LogP contribution in [0, 0.1) is 10.1 Å². The molecule has 0 atom stereocenters. The standard InChI is InChI=1S/C17H13ClN4O4S/c1-21-16(24)11-4-2-3-5-13(11)20-17(21)27-9-15(23)19-10-6-7-12(18)14(8-10)22(25)26/h2-8H,9H2,1H3,(H,19,23). The van der Waals surface area contributed by atoms with Gasteiger partial charge < -0.3 is 5.32 Å². The molecule has 1 heterocycles. The van der Waals surface area contributed by atoms with E-state index in [1.54, 1.807) is 31.3 Å². The lowest BCUT2D eigenvalue weighted by Crippen LogP contribution is -2.21. The Bertz CT molecular complexity index is 1120. The third-order valence-corrected chi connectivity index (χ3v) is 5.05. The molecule has 10 heteroatoms. The number of carbonyl (C=O) groups excluding carboxylic acids is 1. The minimum absolute atomic E-state index is 0.0114. The zero-order valence-electron chi connectivity index (χ0n) is 14.0. The van der Waals surface area contributed by atoms with Crippen molar-refractivity contribution in [3.63, 3.8) is 0 Å². The summed E-state index contributed by atoms with van der Waals surface area (Å²) >= 11 is 6.85. The zero-order chi connectivity index (χ0) is 19.6. The van der Waals surface area contributed by atoms with Crippen LogP contribution >= 0.6 is 23.4 Å². The number of halogens is 1. The number of nitro groups is 1.